The zero-order chi connectivity index (χ0) is 32.2. The molecule has 0 radical (unpaired) electrons. The predicted molar refractivity (Wildman–Crippen MR) is 182 cm³/mol. The molecule has 2 atom stereocenters. The van der Waals surface area contributed by atoms with Gasteiger partial charge in [0.15, 0.2) is 0 Å². The van der Waals surface area contributed by atoms with Crippen molar-refractivity contribution in [3.05, 3.63) is 94.3 Å². The number of nitrogens with zero attached hydrogens (tertiary/aromatic N) is 4. The lowest BCUT2D eigenvalue weighted by Crippen LogP contribution is -2.49. The van der Waals surface area contributed by atoms with Gasteiger partial charge in [0.2, 0.25) is 10.0 Å². The zero-order valence-electron chi connectivity index (χ0n) is 26.5. The first-order valence-corrected chi connectivity index (χ1v) is 18.3. The number of amides is 1. The standard InChI is InChI=1S/C36H42ClN5O3S/c1-24-6-5-7-27(20-24)36(14-17-40(18-15-36)35(43)26-10-13-31(37)34(21-26)46(38,44)45)16-19-41-28-11-12-29(41)23-30(22-28)42-25(2)39-32-8-3-4-9-33(32)42/h3-10,13,20-21,28-30H,11-12,14-19,22-23H2,1-2H3,(H2,38,44,45). The minimum atomic E-state index is -4.04. The number of halogens is 1. The minimum absolute atomic E-state index is 0.0164. The van der Waals surface area contributed by atoms with Crippen molar-refractivity contribution >= 4 is 38.6 Å². The number of imidazole rings is 1. The Morgan fingerprint density at radius 2 is 1.67 bits per heavy atom. The van der Waals surface area contributed by atoms with Gasteiger partial charge in [-0.25, -0.2) is 18.5 Å². The van der Waals surface area contributed by atoms with E-state index in [1.807, 2.05) is 4.90 Å². The molecule has 7 rings (SSSR count). The number of aryl methyl sites for hydroxylation is 2. The van der Waals surface area contributed by atoms with E-state index in [2.05, 4.69) is 71.8 Å². The molecule has 1 amide bonds. The Bertz CT molecular complexity index is 1880. The summed E-state index contributed by atoms with van der Waals surface area (Å²) in [6.45, 7) is 6.53. The highest BCUT2D eigenvalue weighted by molar-refractivity contribution is 7.89. The van der Waals surface area contributed by atoms with Crippen LogP contribution < -0.4 is 5.14 Å². The molecule has 8 nitrogen and oxygen atoms in total. The summed E-state index contributed by atoms with van der Waals surface area (Å²) in [4.78, 5) is 22.8. The van der Waals surface area contributed by atoms with Crippen LogP contribution in [0.5, 0.6) is 0 Å². The predicted octanol–water partition coefficient (Wildman–Crippen LogP) is 6.39. The van der Waals surface area contributed by atoms with Gasteiger partial charge in [-0.15, -0.1) is 0 Å². The number of hydrogen-bond donors (Lipinski definition) is 1. The number of carbonyl (C=O) groups excluding carboxylic acids is 1. The molecule has 2 bridgehead atoms. The van der Waals surface area contributed by atoms with Gasteiger partial charge in [-0.05, 0) is 107 Å². The Kier molecular flexibility index (Phi) is 8.24. The number of rotatable bonds is 7. The van der Waals surface area contributed by atoms with Crippen LogP contribution in [-0.4, -0.2) is 65.4 Å². The van der Waals surface area contributed by atoms with Crippen molar-refractivity contribution in [3.8, 4) is 0 Å². The number of aromatic nitrogens is 2. The molecule has 2 unspecified atom stereocenters. The van der Waals surface area contributed by atoms with Gasteiger partial charge in [0.25, 0.3) is 5.91 Å². The first-order chi connectivity index (χ1) is 22.0. The zero-order valence-corrected chi connectivity index (χ0v) is 28.1. The first-order valence-electron chi connectivity index (χ1n) is 16.4. The lowest BCUT2D eigenvalue weighted by Gasteiger charge is -2.46. The summed E-state index contributed by atoms with van der Waals surface area (Å²) in [5.41, 5.74) is 5.18. The SMILES string of the molecule is Cc1cccc(C2(CCN3C4CCC3CC(n3c(C)nc5ccccc53)C4)CCN(C(=O)c3ccc(Cl)c(S(N)(=O)=O)c3)CC2)c1. The van der Waals surface area contributed by atoms with Gasteiger partial charge in [-0.3, -0.25) is 9.69 Å². The van der Waals surface area contributed by atoms with Crippen molar-refractivity contribution in [2.24, 2.45) is 5.14 Å². The molecule has 242 valence electrons. The summed E-state index contributed by atoms with van der Waals surface area (Å²) >= 11 is 6.08. The van der Waals surface area contributed by atoms with Crippen LogP contribution in [0.2, 0.25) is 5.02 Å². The number of fused-ring (bicyclic) bond motifs is 3. The number of sulfonamides is 1. The van der Waals surface area contributed by atoms with Crippen LogP contribution in [0.3, 0.4) is 0 Å². The molecule has 4 aromatic rings. The second-order valence-electron chi connectivity index (χ2n) is 13.6. The number of carbonyl (C=O) groups is 1. The van der Waals surface area contributed by atoms with Crippen molar-refractivity contribution in [2.75, 3.05) is 19.6 Å². The normalized spacial score (nSPS) is 23.2. The monoisotopic (exact) mass is 659 g/mol. The smallest absolute Gasteiger partial charge is 0.253 e. The number of piperidine rings is 2. The maximum absolute atomic E-state index is 13.6. The van der Waals surface area contributed by atoms with E-state index in [1.54, 1.807) is 6.07 Å². The van der Waals surface area contributed by atoms with Gasteiger partial charge < -0.3 is 9.47 Å². The third kappa shape index (κ3) is 5.76. The molecular weight excluding hydrogens is 618 g/mol. The molecule has 3 fully saturated rings. The lowest BCUT2D eigenvalue weighted by atomic mass is 9.70. The first kappa shape index (κ1) is 31.4. The van der Waals surface area contributed by atoms with E-state index in [0.29, 0.717) is 31.2 Å². The summed E-state index contributed by atoms with van der Waals surface area (Å²) in [5.74, 6) is 0.917. The van der Waals surface area contributed by atoms with Crippen LogP contribution in [0, 0.1) is 13.8 Å². The summed E-state index contributed by atoms with van der Waals surface area (Å²) in [7, 11) is -4.04. The second kappa shape index (κ2) is 12.1. The van der Waals surface area contributed by atoms with E-state index >= 15 is 0 Å². The molecule has 0 aliphatic carbocycles. The van der Waals surface area contributed by atoms with Crippen molar-refractivity contribution in [1.82, 2.24) is 19.4 Å². The van der Waals surface area contributed by atoms with Crippen LogP contribution >= 0.6 is 11.6 Å². The van der Waals surface area contributed by atoms with Crippen LogP contribution in [-0.2, 0) is 15.4 Å². The van der Waals surface area contributed by atoms with Crippen molar-refractivity contribution in [1.29, 1.82) is 0 Å². The molecule has 10 heteroatoms. The Labute approximate surface area is 276 Å². The van der Waals surface area contributed by atoms with Crippen LogP contribution in [0.1, 0.15) is 78.3 Å². The van der Waals surface area contributed by atoms with Gasteiger partial charge in [0.1, 0.15) is 10.7 Å². The van der Waals surface area contributed by atoms with Gasteiger partial charge in [-0.1, -0.05) is 53.6 Å². The Balaban J connectivity index is 1.08. The van der Waals surface area contributed by atoms with E-state index in [1.165, 1.54) is 41.6 Å². The van der Waals surface area contributed by atoms with Crippen molar-refractivity contribution in [2.45, 2.75) is 87.2 Å². The number of likely N-dealkylation sites (tertiary alicyclic amines) is 1. The van der Waals surface area contributed by atoms with Crippen molar-refractivity contribution in [3.63, 3.8) is 0 Å². The average Bonchev–Trinajstić information content (AvgIpc) is 3.49. The van der Waals surface area contributed by atoms with E-state index in [9.17, 15) is 13.2 Å². The summed E-state index contributed by atoms with van der Waals surface area (Å²) in [5, 5.41) is 5.37. The van der Waals surface area contributed by atoms with E-state index in [4.69, 9.17) is 21.7 Å². The van der Waals surface area contributed by atoms with E-state index in [-0.39, 0.29) is 26.8 Å². The number of hydrogen-bond acceptors (Lipinski definition) is 5. The molecule has 4 heterocycles. The fourth-order valence-electron chi connectivity index (χ4n) is 8.62. The molecule has 3 aliphatic rings. The third-order valence-corrected chi connectivity index (χ3v) is 12.4. The second-order valence-corrected chi connectivity index (χ2v) is 15.6. The van der Waals surface area contributed by atoms with E-state index in [0.717, 1.165) is 50.0 Å². The lowest BCUT2D eigenvalue weighted by molar-refractivity contribution is 0.0606. The highest BCUT2D eigenvalue weighted by Crippen LogP contribution is 2.45. The highest BCUT2D eigenvalue weighted by Gasteiger charge is 2.44. The third-order valence-electron chi connectivity index (χ3n) is 11.0. The molecule has 0 saturated carbocycles. The highest BCUT2D eigenvalue weighted by atomic mass is 35.5. The fraction of sp³-hybridized carbons (Fsp3) is 0.444. The number of para-hydroxylation sites is 2. The maximum atomic E-state index is 13.6. The molecule has 1 aromatic heterocycles. The summed E-state index contributed by atoms with van der Waals surface area (Å²) < 4.78 is 26.6. The number of nitrogens with two attached hydrogens (primary N) is 1. The topological polar surface area (TPSA) is 102 Å². The van der Waals surface area contributed by atoms with Crippen LogP contribution in [0.25, 0.3) is 11.0 Å². The maximum Gasteiger partial charge on any atom is 0.253 e. The van der Waals surface area contributed by atoms with Crippen LogP contribution in [0.15, 0.2) is 71.6 Å². The summed E-state index contributed by atoms with van der Waals surface area (Å²) in [6.07, 6.45) is 7.54. The molecule has 46 heavy (non-hydrogen) atoms. The molecular formula is C36H42ClN5O3S. The molecule has 0 spiro atoms. The Morgan fingerprint density at radius 1 is 0.957 bits per heavy atom. The molecule has 3 saturated heterocycles. The van der Waals surface area contributed by atoms with Gasteiger partial charge in [0.05, 0.1) is 16.1 Å². The molecule has 2 N–H and O–H groups in total. The van der Waals surface area contributed by atoms with E-state index < -0.39 is 10.0 Å². The Hall–Kier alpha value is -3.24. The van der Waals surface area contributed by atoms with Gasteiger partial charge in [-0.2, -0.15) is 0 Å². The molecule has 3 aliphatic heterocycles. The minimum Gasteiger partial charge on any atom is -0.339 e. The average molecular weight is 660 g/mol. The van der Waals surface area contributed by atoms with Crippen LogP contribution in [0.4, 0.5) is 0 Å². The van der Waals surface area contributed by atoms with Gasteiger partial charge >= 0.3 is 0 Å². The fourth-order valence-corrected chi connectivity index (χ4v) is 9.69. The quantitative estimate of drug-likeness (QED) is 0.248. The van der Waals surface area contributed by atoms with Gasteiger partial charge in [0, 0.05) is 36.8 Å². The summed E-state index contributed by atoms with van der Waals surface area (Å²) in [6, 6.07) is 23.3. The number of primary sulfonamides is 1. The van der Waals surface area contributed by atoms with Crippen molar-refractivity contribution < 1.29 is 13.2 Å². The molecule has 3 aromatic carbocycles. The number of benzene rings is 3. The Morgan fingerprint density at radius 3 is 2.37 bits per heavy atom. The largest absolute Gasteiger partial charge is 0.339 e.